The molecular formula is C17H29N3. The molecule has 1 N–H and O–H groups in total. The number of piperidine rings is 1. The van der Waals surface area contributed by atoms with E-state index in [0.29, 0.717) is 5.41 Å². The monoisotopic (exact) mass is 275 g/mol. The van der Waals surface area contributed by atoms with Crippen molar-refractivity contribution in [1.82, 2.24) is 4.98 Å². The van der Waals surface area contributed by atoms with Crippen LogP contribution in [0.4, 0.5) is 11.6 Å². The summed E-state index contributed by atoms with van der Waals surface area (Å²) >= 11 is 0. The second kappa shape index (κ2) is 6.96. The molecule has 20 heavy (non-hydrogen) atoms. The lowest BCUT2D eigenvalue weighted by atomic mass is 9.74. The number of pyridine rings is 1. The second-order valence-electron chi connectivity index (χ2n) is 6.00. The van der Waals surface area contributed by atoms with E-state index in [-0.39, 0.29) is 0 Å². The van der Waals surface area contributed by atoms with Crippen LogP contribution in [0.3, 0.4) is 0 Å². The van der Waals surface area contributed by atoms with E-state index in [1.165, 1.54) is 25.7 Å². The SMILES string of the molecule is CCCNc1cccc(N2CCC(CC)(CC)CC2)n1. The Kier molecular flexibility index (Phi) is 5.27. The van der Waals surface area contributed by atoms with Gasteiger partial charge in [-0.1, -0.05) is 39.7 Å². The summed E-state index contributed by atoms with van der Waals surface area (Å²) in [5, 5.41) is 3.37. The molecule has 0 amide bonds. The maximum atomic E-state index is 4.75. The van der Waals surface area contributed by atoms with Crippen molar-refractivity contribution in [3.8, 4) is 0 Å². The van der Waals surface area contributed by atoms with Gasteiger partial charge in [0.1, 0.15) is 11.6 Å². The molecule has 0 unspecified atom stereocenters. The maximum absolute atomic E-state index is 4.75. The zero-order chi connectivity index (χ0) is 14.4. The normalized spacial score (nSPS) is 18.1. The predicted molar refractivity (Wildman–Crippen MR) is 87.5 cm³/mol. The molecule has 2 heterocycles. The molecule has 1 saturated heterocycles. The van der Waals surface area contributed by atoms with Gasteiger partial charge in [-0.15, -0.1) is 0 Å². The molecular weight excluding hydrogens is 246 g/mol. The summed E-state index contributed by atoms with van der Waals surface area (Å²) in [6.07, 6.45) is 6.35. The lowest BCUT2D eigenvalue weighted by molar-refractivity contribution is 0.199. The van der Waals surface area contributed by atoms with Crippen molar-refractivity contribution in [1.29, 1.82) is 0 Å². The molecule has 0 bridgehead atoms. The minimum atomic E-state index is 0.578. The molecule has 0 aliphatic carbocycles. The van der Waals surface area contributed by atoms with Crippen molar-refractivity contribution in [3.05, 3.63) is 18.2 Å². The largest absolute Gasteiger partial charge is 0.370 e. The van der Waals surface area contributed by atoms with Gasteiger partial charge in [0.25, 0.3) is 0 Å². The first-order valence-corrected chi connectivity index (χ1v) is 8.19. The van der Waals surface area contributed by atoms with Crippen LogP contribution in [0.15, 0.2) is 18.2 Å². The van der Waals surface area contributed by atoms with Gasteiger partial charge < -0.3 is 10.2 Å². The number of hydrogen-bond acceptors (Lipinski definition) is 3. The summed E-state index contributed by atoms with van der Waals surface area (Å²) in [6, 6.07) is 6.31. The highest BCUT2D eigenvalue weighted by molar-refractivity contribution is 5.47. The number of nitrogens with one attached hydrogen (secondary N) is 1. The summed E-state index contributed by atoms with van der Waals surface area (Å²) in [4.78, 5) is 7.19. The van der Waals surface area contributed by atoms with Crippen LogP contribution in [0.2, 0.25) is 0 Å². The van der Waals surface area contributed by atoms with Crippen molar-refractivity contribution in [2.24, 2.45) is 5.41 Å². The highest BCUT2D eigenvalue weighted by Crippen LogP contribution is 2.38. The summed E-state index contributed by atoms with van der Waals surface area (Å²) in [5.41, 5.74) is 0.578. The van der Waals surface area contributed by atoms with Crippen LogP contribution in [-0.4, -0.2) is 24.6 Å². The molecule has 0 saturated carbocycles. The Bertz CT molecular complexity index is 402. The molecule has 1 fully saturated rings. The molecule has 1 aromatic rings. The zero-order valence-corrected chi connectivity index (χ0v) is 13.3. The van der Waals surface area contributed by atoms with Crippen molar-refractivity contribution in [2.45, 2.75) is 52.9 Å². The zero-order valence-electron chi connectivity index (χ0n) is 13.3. The van der Waals surface area contributed by atoms with E-state index in [4.69, 9.17) is 4.98 Å². The van der Waals surface area contributed by atoms with Crippen LogP contribution in [0, 0.1) is 5.41 Å². The highest BCUT2D eigenvalue weighted by Gasteiger charge is 2.31. The van der Waals surface area contributed by atoms with Gasteiger partial charge in [-0.3, -0.25) is 0 Å². The smallest absolute Gasteiger partial charge is 0.130 e. The molecule has 3 heteroatoms. The Labute approximate surface area is 123 Å². The van der Waals surface area contributed by atoms with Crippen LogP contribution in [-0.2, 0) is 0 Å². The Hall–Kier alpha value is -1.25. The summed E-state index contributed by atoms with van der Waals surface area (Å²) in [7, 11) is 0. The first-order valence-electron chi connectivity index (χ1n) is 8.19. The maximum Gasteiger partial charge on any atom is 0.130 e. The standard InChI is InChI=1S/C17H29N3/c1-4-12-18-15-8-7-9-16(19-15)20-13-10-17(5-2,6-3)11-14-20/h7-9H,4-6,10-14H2,1-3H3,(H,18,19). The molecule has 0 atom stereocenters. The summed E-state index contributed by atoms with van der Waals surface area (Å²) < 4.78 is 0. The molecule has 2 rings (SSSR count). The Morgan fingerprint density at radius 2 is 1.85 bits per heavy atom. The quantitative estimate of drug-likeness (QED) is 0.838. The number of aromatic nitrogens is 1. The summed E-state index contributed by atoms with van der Waals surface area (Å²) in [5.74, 6) is 2.14. The van der Waals surface area contributed by atoms with Crippen LogP contribution in [0.1, 0.15) is 52.9 Å². The summed E-state index contributed by atoms with van der Waals surface area (Å²) in [6.45, 7) is 10.1. The van der Waals surface area contributed by atoms with E-state index in [2.05, 4.69) is 49.2 Å². The predicted octanol–water partition coefficient (Wildman–Crippen LogP) is 4.31. The second-order valence-corrected chi connectivity index (χ2v) is 6.00. The van der Waals surface area contributed by atoms with E-state index in [0.717, 1.165) is 37.7 Å². The average molecular weight is 275 g/mol. The van der Waals surface area contributed by atoms with Crippen LogP contribution >= 0.6 is 0 Å². The Morgan fingerprint density at radius 3 is 2.45 bits per heavy atom. The van der Waals surface area contributed by atoms with Crippen LogP contribution < -0.4 is 10.2 Å². The lowest BCUT2D eigenvalue weighted by Gasteiger charge is -2.41. The third-order valence-corrected chi connectivity index (χ3v) is 4.94. The van der Waals surface area contributed by atoms with Gasteiger partial charge in [-0.25, -0.2) is 4.98 Å². The van der Waals surface area contributed by atoms with Gasteiger partial charge in [0.05, 0.1) is 0 Å². The number of anilines is 2. The number of hydrogen-bond donors (Lipinski definition) is 1. The van der Waals surface area contributed by atoms with Gasteiger partial charge in [-0.2, -0.15) is 0 Å². The number of nitrogens with zero attached hydrogens (tertiary/aromatic N) is 2. The van der Waals surface area contributed by atoms with Crippen LogP contribution in [0.5, 0.6) is 0 Å². The molecule has 1 aromatic heterocycles. The lowest BCUT2D eigenvalue weighted by Crippen LogP contribution is -2.40. The van der Waals surface area contributed by atoms with Crippen LogP contribution in [0.25, 0.3) is 0 Å². The molecule has 1 aliphatic rings. The van der Waals surface area contributed by atoms with Crippen molar-refractivity contribution in [3.63, 3.8) is 0 Å². The average Bonchev–Trinajstić information content (AvgIpc) is 2.53. The van der Waals surface area contributed by atoms with Gasteiger partial charge >= 0.3 is 0 Å². The first-order chi connectivity index (χ1) is 9.73. The molecule has 1 aliphatic heterocycles. The van der Waals surface area contributed by atoms with Crippen molar-refractivity contribution < 1.29 is 0 Å². The fourth-order valence-corrected chi connectivity index (χ4v) is 3.12. The van der Waals surface area contributed by atoms with Gasteiger partial charge in [0, 0.05) is 19.6 Å². The van der Waals surface area contributed by atoms with Gasteiger partial charge in [0.15, 0.2) is 0 Å². The topological polar surface area (TPSA) is 28.2 Å². The van der Waals surface area contributed by atoms with E-state index in [1.807, 2.05) is 0 Å². The third-order valence-electron chi connectivity index (χ3n) is 4.94. The van der Waals surface area contributed by atoms with Gasteiger partial charge in [-0.05, 0) is 36.8 Å². The molecule has 0 radical (unpaired) electrons. The molecule has 0 aromatic carbocycles. The fourth-order valence-electron chi connectivity index (χ4n) is 3.12. The highest BCUT2D eigenvalue weighted by atomic mass is 15.2. The number of rotatable bonds is 6. The van der Waals surface area contributed by atoms with Crippen molar-refractivity contribution >= 4 is 11.6 Å². The van der Waals surface area contributed by atoms with Crippen molar-refractivity contribution in [2.75, 3.05) is 29.9 Å². The Morgan fingerprint density at radius 1 is 1.15 bits per heavy atom. The molecule has 112 valence electrons. The molecule has 0 spiro atoms. The van der Waals surface area contributed by atoms with E-state index < -0.39 is 0 Å². The first kappa shape index (κ1) is 15.1. The third kappa shape index (κ3) is 3.44. The minimum Gasteiger partial charge on any atom is -0.370 e. The minimum absolute atomic E-state index is 0.578. The van der Waals surface area contributed by atoms with E-state index in [1.54, 1.807) is 0 Å². The Balaban J connectivity index is 1.99. The van der Waals surface area contributed by atoms with Gasteiger partial charge in [0.2, 0.25) is 0 Å². The van der Waals surface area contributed by atoms with E-state index >= 15 is 0 Å². The molecule has 3 nitrogen and oxygen atoms in total. The fraction of sp³-hybridized carbons (Fsp3) is 0.706. The van der Waals surface area contributed by atoms with E-state index in [9.17, 15) is 0 Å².